The summed E-state index contributed by atoms with van der Waals surface area (Å²) in [5.41, 5.74) is 1.26. The van der Waals surface area contributed by atoms with E-state index in [2.05, 4.69) is 31.8 Å². The Kier molecular flexibility index (Phi) is 6.72. The fraction of sp³-hybridized carbons (Fsp3) is 0.625. The maximum Gasteiger partial charge on any atom is 0.119 e. The van der Waals surface area contributed by atoms with Crippen LogP contribution in [0.5, 0.6) is 5.75 Å². The Morgan fingerprint density at radius 1 is 1.20 bits per heavy atom. The van der Waals surface area contributed by atoms with Gasteiger partial charge in [-0.2, -0.15) is 0 Å². The van der Waals surface area contributed by atoms with Gasteiger partial charge >= 0.3 is 0 Å². The molecule has 1 rings (SSSR count). The summed E-state index contributed by atoms with van der Waals surface area (Å²) in [7, 11) is 1.90. The number of hydrogen-bond donors (Lipinski definition) is 1. The molecular formula is C16H28O3Si. The fourth-order valence-electron chi connectivity index (χ4n) is 2.58. The van der Waals surface area contributed by atoms with E-state index in [9.17, 15) is 5.11 Å². The second-order valence-electron chi connectivity index (χ2n) is 6.33. The quantitative estimate of drug-likeness (QED) is 0.748. The largest absolute Gasteiger partial charge is 0.497 e. The van der Waals surface area contributed by atoms with Gasteiger partial charge in [0.2, 0.25) is 0 Å². The molecule has 0 fully saturated rings. The lowest BCUT2D eigenvalue weighted by Gasteiger charge is -2.31. The molecule has 0 heterocycles. The van der Waals surface area contributed by atoms with Gasteiger partial charge in [0.15, 0.2) is 0 Å². The van der Waals surface area contributed by atoms with Crippen molar-refractivity contribution < 1.29 is 14.6 Å². The number of hydrogen-bond acceptors (Lipinski definition) is 3. The lowest BCUT2D eigenvalue weighted by Crippen LogP contribution is -2.47. The van der Waals surface area contributed by atoms with Crippen LogP contribution in [0.1, 0.15) is 18.4 Å². The van der Waals surface area contributed by atoms with Crippen molar-refractivity contribution in [2.45, 2.75) is 50.7 Å². The van der Waals surface area contributed by atoms with E-state index in [0.29, 0.717) is 0 Å². The first-order chi connectivity index (χ1) is 9.38. The number of ether oxygens (including phenoxy) is 2. The van der Waals surface area contributed by atoms with E-state index in [1.165, 1.54) is 5.56 Å². The third kappa shape index (κ3) is 5.27. The van der Waals surface area contributed by atoms with Crippen molar-refractivity contribution in [2.75, 3.05) is 14.2 Å². The highest BCUT2D eigenvalue weighted by molar-refractivity contribution is 6.77. The molecule has 0 aliphatic rings. The number of rotatable bonds is 8. The number of aliphatic hydroxyl groups excluding tert-OH is 1. The highest BCUT2D eigenvalue weighted by Gasteiger charge is 2.32. The number of aliphatic hydroxyl groups is 1. The third-order valence-electron chi connectivity index (χ3n) is 3.56. The van der Waals surface area contributed by atoms with Gasteiger partial charge < -0.3 is 14.6 Å². The van der Waals surface area contributed by atoms with Gasteiger partial charge in [0.1, 0.15) is 5.75 Å². The van der Waals surface area contributed by atoms with Crippen LogP contribution >= 0.6 is 0 Å². The standard InChI is InChI=1S/C16H28O3Si/c1-18-14-10-6-8-13(12-14)9-7-11-15(17)16(19-2)20(3,4)5/h6,8,10,12,15-17H,7,9,11H2,1-5H3. The molecule has 114 valence electrons. The number of benzene rings is 1. The van der Waals surface area contributed by atoms with Crippen LogP contribution in [0, 0.1) is 0 Å². The van der Waals surface area contributed by atoms with Crippen LogP contribution in [0.25, 0.3) is 0 Å². The van der Waals surface area contributed by atoms with E-state index in [4.69, 9.17) is 9.47 Å². The monoisotopic (exact) mass is 296 g/mol. The van der Waals surface area contributed by atoms with Crippen LogP contribution in [0.4, 0.5) is 0 Å². The lowest BCUT2D eigenvalue weighted by atomic mass is 10.1. The Morgan fingerprint density at radius 3 is 2.45 bits per heavy atom. The predicted octanol–water partition coefficient (Wildman–Crippen LogP) is 3.27. The molecule has 0 saturated heterocycles. The highest BCUT2D eigenvalue weighted by Crippen LogP contribution is 2.20. The van der Waals surface area contributed by atoms with E-state index < -0.39 is 8.07 Å². The molecule has 0 aliphatic heterocycles. The second-order valence-corrected chi connectivity index (χ2v) is 11.6. The highest BCUT2D eigenvalue weighted by atomic mass is 28.3. The van der Waals surface area contributed by atoms with E-state index in [1.54, 1.807) is 14.2 Å². The van der Waals surface area contributed by atoms with Gasteiger partial charge in [-0.15, -0.1) is 0 Å². The summed E-state index contributed by atoms with van der Waals surface area (Å²) in [5.74, 6) is 0.889. The summed E-state index contributed by atoms with van der Waals surface area (Å²) in [5, 5.41) is 10.3. The molecule has 0 bridgehead atoms. The van der Waals surface area contributed by atoms with Crippen molar-refractivity contribution >= 4 is 8.07 Å². The molecule has 0 aromatic heterocycles. The molecule has 3 nitrogen and oxygen atoms in total. The average Bonchev–Trinajstić information content (AvgIpc) is 2.38. The zero-order valence-corrected chi connectivity index (χ0v) is 14.3. The van der Waals surface area contributed by atoms with Crippen molar-refractivity contribution in [3.8, 4) is 5.75 Å². The Bertz CT molecular complexity index is 401. The summed E-state index contributed by atoms with van der Waals surface area (Å²) < 4.78 is 10.7. The molecule has 0 spiro atoms. The van der Waals surface area contributed by atoms with Gasteiger partial charge in [0, 0.05) is 7.11 Å². The zero-order valence-electron chi connectivity index (χ0n) is 13.3. The normalized spacial score (nSPS) is 14.9. The summed E-state index contributed by atoms with van der Waals surface area (Å²) in [6.07, 6.45) is 2.33. The number of aryl methyl sites for hydroxylation is 1. The van der Waals surface area contributed by atoms with E-state index in [1.807, 2.05) is 12.1 Å². The first-order valence-corrected chi connectivity index (χ1v) is 10.8. The minimum absolute atomic E-state index is 0.00723. The molecule has 1 aromatic rings. The first kappa shape index (κ1) is 17.2. The van der Waals surface area contributed by atoms with Gasteiger partial charge in [0.05, 0.1) is 27.0 Å². The second kappa shape index (κ2) is 7.81. The van der Waals surface area contributed by atoms with Crippen molar-refractivity contribution in [3.63, 3.8) is 0 Å². The van der Waals surface area contributed by atoms with Crippen molar-refractivity contribution in [1.82, 2.24) is 0 Å². The molecule has 0 amide bonds. The predicted molar refractivity (Wildman–Crippen MR) is 86.1 cm³/mol. The van der Waals surface area contributed by atoms with Crippen molar-refractivity contribution in [3.05, 3.63) is 29.8 Å². The molecule has 4 heteroatoms. The smallest absolute Gasteiger partial charge is 0.119 e. The van der Waals surface area contributed by atoms with Crippen LogP contribution in [0.3, 0.4) is 0 Å². The van der Waals surface area contributed by atoms with Crippen LogP contribution in [0.15, 0.2) is 24.3 Å². The van der Waals surface area contributed by atoms with Crippen LogP contribution in [-0.4, -0.2) is 39.2 Å². The van der Waals surface area contributed by atoms with Crippen LogP contribution in [0.2, 0.25) is 19.6 Å². The lowest BCUT2D eigenvalue weighted by molar-refractivity contribution is 0.0248. The Labute approximate surface area is 123 Å². The summed E-state index contributed by atoms with van der Waals surface area (Å²) in [4.78, 5) is 0. The molecular weight excluding hydrogens is 268 g/mol. The Hall–Kier alpha value is -0.843. The molecule has 1 aromatic carbocycles. The molecule has 2 unspecified atom stereocenters. The maximum absolute atomic E-state index is 10.3. The fourth-order valence-corrected chi connectivity index (χ4v) is 4.61. The minimum atomic E-state index is -1.49. The van der Waals surface area contributed by atoms with E-state index >= 15 is 0 Å². The summed E-state index contributed by atoms with van der Waals surface area (Å²) in [6.45, 7) is 6.69. The van der Waals surface area contributed by atoms with Gasteiger partial charge in [-0.05, 0) is 37.0 Å². The molecule has 0 aliphatic carbocycles. The summed E-state index contributed by atoms with van der Waals surface area (Å²) in [6, 6.07) is 8.11. The van der Waals surface area contributed by atoms with Crippen molar-refractivity contribution in [2.24, 2.45) is 0 Å². The van der Waals surface area contributed by atoms with Crippen molar-refractivity contribution in [1.29, 1.82) is 0 Å². The Morgan fingerprint density at radius 2 is 1.90 bits per heavy atom. The zero-order chi connectivity index (χ0) is 15.2. The van der Waals surface area contributed by atoms with Crippen LogP contribution in [-0.2, 0) is 11.2 Å². The topological polar surface area (TPSA) is 38.7 Å². The third-order valence-corrected chi connectivity index (χ3v) is 5.88. The van der Waals surface area contributed by atoms with Gasteiger partial charge in [-0.1, -0.05) is 31.8 Å². The Balaban J connectivity index is 2.46. The molecule has 0 saturated carbocycles. The average molecular weight is 296 g/mol. The summed E-state index contributed by atoms with van der Waals surface area (Å²) >= 11 is 0. The van der Waals surface area contributed by atoms with Crippen LogP contribution < -0.4 is 4.74 Å². The SMILES string of the molecule is COc1cccc(CCCC(O)C(OC)[Si](C)(C)C)c1. The van der Waals surface area contributed by atoms with E-state index in [-0.39, 0.29) is 11.8 Å². The molecule has 1 N–H and O–H groups in total. The maximum atomic E-state index is 10.3. The van der Waals surface area contributed by atoms with E-state index in [0.717, 1.165) is 25.0 Å². The first-order valence-electron chi connectivity index (χ1n) is 7.22. The molecule has 20 heavy (non-hydrogen) atoms. The molecule has 2 atom stereocenters. The molecule has 0 radical (unpaired) electrons. The number of methoxy groups -OCH3 is 2. The van der Waals surface area contributed by atoms with Gasteiger partial charge in [-0.3, -0.25) is 0 Å². The van der Waals surface area contributed by atoms with Gasteiger partial charge in [-0.25, -0.2) is 0 Å². The van der Waals surface area contributed by atoms with Gasteiger partial charge in [0.25, 0.3) is 0 Å². The minimum Gasteiger partial charge on any atom is -0.497 e.